The Hall–Kier alpha value is -1.30. The molecule has 0 saturated carbocycles. The number of benzene rings is 1. The Balaban J connectivity index is 3.18. The van der Waals surface area contributed by atoms with E-state index in [-0.39, 0.29) is 0 Å². The molecule has 0 amide bonds. The molecule has 0 aliphatic carbocycles. The second-order valence-corrected chi connectivity index (χ2v) is 3.03. The van der Waals surface area contributed by atoms with Gasteiger partial charge in [-0.05, 0) is 18.2 Å². The van der Waals surface area contributed by atoms with Crippen molar-refractivity contribution in [2.24, 2.45) is 5.73 Å². The van der Waals surface area contributed by atoms with Gasteiger partial charge in [0.2, 0.25) is 0 Å². The molecule has 84 valence electrons. The summed E-state index contributed by atoms with van der Waals surface area (Å²) in [6.07, 6.45) is -4.60. The van der Waals surface area contributed by atoms with Gasteiger partial charge >= 0.3 is 6.18 Å². The van der Waals surface area contributed by atoms with Crippen molar-refractivity contribution in [1.82, 2.24) is 0 Å². The standard InChI is InChI=1S/C9H9F4NO/c10-5-1-2-8(15)6(3-5)7(4-14)9(11,12)13/h1-3,7,15H,4,14H2. The van der Waals surface area contributed by atoms with Crippen LogP contribution in [0, 0.1) is 5.82 Å². The van der Waals surface area contributed by atoms with Gasteiger partial charge in [-0.15, -0.1) is 0 Å². The van der Waals surface area contributed by atoms with E-state index in [4.69, 9.17) is 5.73 Å². The predicted octanol–water partition coefficient (Wildman–Crippen LogP) is 2.14. The lowest BCUT2D eigenvalue weighted by molar-refractivity contribution is -0.148. The third-order valence-electron chi connectivity index (χ3n) is 2.00. The molecule has 15 heavy (non-hydrogen) atoms. The molecule has 2 nitrogen and oxygen atoms in total. The molecule has 0 radical (unpaired) electrons. The van der Waals surface area contributed by atoms with E-state index in [1.54, 1.807) is 0 Å². The van der Waals surface area contributed by atoms with Crippen LogP contribution in [0.4, 0.5) is 17.6 Å². The Kier molecular flexibility index (Phi) is 3.18. The van der Waals surface area contributed by atoms with Gasteiger partial charge in [0.25, 0.3) is 0 Å². The molecule has 0 heterocycles. The highest BCUT2D eigenvalue weighted by Gasteiger charge is 2.41. The summed E-state index contributed by atoms with van der Waals surface area (Å²) in [7, 11) is 0. The highest BCUT2D eigenvalue weighted by Crippen LogP contribution is 2.38. The molecule has 0 bridgehead atoms. The molecule has 0 aromatic heterocycles. The summed E-state index contributed by atoms with van der Waals surface area (Å²) in [6, 6.07) is 2.39. The number of hydrogen-bond acceptors (Lipinski definition) is 2. The summed E-state index contributed by atoms with van der Waals surface area (Å²) < 4.78 is 49.9. The van der Waals surface area contributed by atoms with Crippen molar-refractivity contribution in [3.63, 3.8) is 0 Å². The van der Waals surface area contributed by atoms with E-state index < -0.39 is 35.8 Å². The van der Waals surface area contributed by atoms with Crippen LogP contribution in [0.15, 0.2) is 18.2 Å². The van der Waals surface area contributed by atoms with Crippen LogP contribution in [0.25, 0.3) is 0 Å². The summed E-state index contributed by atoms with van der Waals surface area (Å²) in [5.41, 5.74) is 4.42. The Bertz CT molecular complexity index is 350. The largest absolute Gasteiger partial charge is 0.508 e. The van der Waals surface area contributed by atoms with Crippen molar-refractivity contribution in [3.8, 4) is 5.75 Å². The minimum absolute atomic E-state index is 0.537. The van der Waals surface area contributed by atoms with Crippen molar-refractivity contribution in [2.75, 3.05) is 6.54 Å². The molecule has 0 aliphatic heterocycles. The average Bonchev–Trinajstić information content (AvgIpc) is 2.10. The number of rotatable bonds is 2. The fourth-order valence-electron chi connectivity index (χ4n) is 1.24. The summed E-state index contributed by atoms with van der Waals surface area (Å²) in [4.78, 5) is 0. The molecule has 6 heteroatoms. The number of alkyl halides is 3. The van der Waals surface area contributed by atoms with E-state index in [0.717, 1.165) is 12.1 Å². The van der Waals surface area contributed by atoms with E-state index in [1.165, 1.54) is 0 Å². The molecule has 0 fully saturated rings. The molecular weight excluding hydrogens is 214 g/mol. The highest BCUT2D eigenvalue weighted by molar-refractivity contribution is 5.36. The number of hydrogen-bond donors (Lipinski definition) is 2. The maximum absolute atomic E-state index is 12.7. The Labute approximate surface area is 83.3 Å². The van der Waals surface area contributed by atoms with Gasteiger partial charge in [-0.2, -0.15) is 13.2 Å². The number of aromatic hydroxyl groups is 1. The van der Waals surface area contributed by atoms with Crippen LogP contribution in [0.3, 0.4) is 0 Å². The third-order valence-corrected chi connectivity index (χ3v) is 2.00. The fourth-order valence-corrected chi connectivity index (χ4v) is 1.24. The van der Waals surface area contributed by atoms with E-state index in [1.807, 2.05) is 0 Å². The zero-order chi connectivity index (χ0) is 11.6. The highest BCUT2D eigenvalue weighted by atomic mass is 19.4. The van der Waals surface area contributed by atoms with Crippen LogP contribution in [0.1, 0.15) is 11.5 Å². The van der Waals surface area contributed by atoms with Crippen LogP contribution in [-0.2, 0) is 0 Å². The first-order valence-corrected chi connectivity index (χ1v) is 4.11. The Morgan fingerprint density at radius 1 is 1.33 bits per heavy atom. The fraction of sp³-hybridized carbons (Fsp3) is 0.333. The van der Waals surface area contributed by atoms with Gasteiger partial charge in [-0.25, -0.2) is 4.39 Å². The third kappa shape index (κ3) is 2.59. The summed E-state index contributed by atoms with van der Waals surface area (Å²) >= 11 is 0. The Morgan fingerprint density at radius 3 is 2.40 bits per heavy atom. The van der Waals surface area contributed by atoms with Gasteiger partial charge < -0.3 is 10.8 Å². The topological polar surface area (TPSA) is 46.2 Å². The van der Waals surface area contributed by atoms with Crippen molar-refractivity contribution >= 4 is 0 Å². The van der Waals surface area contributed by atoms with Crippen LogP contribution < -0.4 is 5.73 Å². The molecule has 3 N–H and O–H groups in total. The molecular formula is C9H9F4NO. The first-order chi connectivity index (χ1) is 6.86. The van der Waals surface area contributed by atoms with Crippen molar-refractivity contribution < 1.29 is 22.7 Å². The summed E-state index contributed by atoms with van der Waals surface area (Å²) in [5, 5.41) is 9.18. The lowest BCUT2D eigenvalue weighted by atomic mass is 9.97. The van der Waals surface area contributed by atoms with Gasteiger partial charge in [0.1, 0.15) is 11.6 Å². The SMILES string of the molecule is NCC(c1cc(F)ccc1O)C(F)(F)F. The van der Waals surface area contributed by atoms with Crippen molar-refractivity contribution in [3.05, 3.63) is 29.6 Å². The molecule has 1 aromatic carbocycles. The molecule has 0 spiro atoms. The van der Waals surface area contributed by atoms with Gasteiger partial charge in [0, 0.05) is 12.1 Å². The Morgan fingerprint density at radius 2 is 1.93 bits per heavy atom. The summed E-state index contributed by atoms with van der Waals surface area (Å²) in [6.45, 7) is -0.736. The van der Waals surface area contributed by atoms with Crippen LogP contribution in [0.2, 0.25) is 0 Å². The van der Waals surface area contributed by atoms with Gasteiger partial charge in [-0.1, -0.05) is 0 Å². The van der Waals surface area contributed by atoms with Gasteiger partial charge in [0.05, 0.1) is 5.92 Å². The molecule has 1 rings (SSSR count). The molecule has 1 aromatic rings. The number of halogens is 4. The van der Waals surface area contributed by atoms with E-state index >= 15 is 0 Å². The monoisotopic (exact) mass is 223 g/mol. The van der Waals surface area contributed by atoms with Crippen LogP contribution in [0.5, 0.6) is 5.75 Å². The van der Waals surface area contributed by atoms with Crippen molar-refractivity contribution in [2.45, 2.75) is 12.1 Å². The zero-order valence-corrected chi connectivity index (χ0v) is 7.55. The lowest BCUT2D eigenvalue weighted by Gasteiger charge is -2.19. The molecule has 1 atom stereocenters. The minimum atomic E-state index is -4.60. The average molecular weight is 223 g/mol. The second kappa shape index (κ2) is 4.06. The van der Waals surface area contributed by atoms with Crippen LogP contribution >= 0.6 is 0 Å². The van der Waals surface area contributed by atoms with Gasteiger partial charge in [0.15, 0.2) is 0 Å². The predicted molar refractivity (Wildman–Crippen MR) is 45.9 cm³/mol. The lowest BCUT2D eigenvalue weighted by Crippen LogP contribution is -2.28. The second-order valence-electron chi connectivity index (χ2n) is 3.03. The van der Waals surface area contributed by atoms with E-state index in [0.29, 0.717) is 6.07 Å². The molecule has 0 aliphatic rings. The maximum Gasteiger partial charge on any atom is 0.397 e. The number of phenols is 1. The number of nitrogens with two attached hydrogens (primary N) is 1. The zero-order valence-electron chi connectivity index (χ0n) is 7.55. The van der Waals surface area contributed by atoms with E-state index in [2.05, 4.69) is 0 Å². The quantitative estimate of drug-likeness (QED) is 0.754. The molecule has 1 unspecified atom stereocenters. The summed E-state index contributed by atoms with van der Waals surface area (Å²) in [5.74, 6) is -3.50. The van der Waals surface area contributed by atoms with Crippen LogP contribution in [-0.4, -0.2) is 17.8 Å². The maximum atomic E-state index is 12.7. The van der Waals surface area contributed by atoms with Gasteiger partial charge in [-0.3, -0.25) is 0 Å². The first kappa shape index (κ1) is 11.8. The van der Waals surface area contributed by atoms with Crippen molar-refractivity contribution in [1.29, 1.82) is 0 Å². The van der Waals surface area contributed by atoms with E-state index in [9.17, 15) is 22.7 Å². The smallest absolute Gasteiger partial charge is 0.397 e. The molecule has 0 saturated heterocycles. The first-order valence-electron chi connectivity index (χ1n) is 4.11. The normalized spacial score (nSPS) is 13.9. The minimum Gasteiger partial charge on any atom is -0.508 e. The number of phenolic OH excluding ortho intramolecular Hbond substituents is 1.